The van der Waals surface area contributed by atoms with E-state index in [2.05, 4.69) is 5.32 Å². The second kappa shape index (κ2) is 8.31. The minimum atomic E-state index is -0.537. The van der Waals surface area contributed by atoms with Crippen molar-refractivity contribution in [2.45, 2.75) is 13.0 Å². The molecule has 1 aliphatic heterocycles. The fourth-order valence-corrected chi connectivity index (χ4v) is 3.74. The molecule has 1 atom stereocenters. The summed E-state index contributed by atoms with van der Waals surface area (Å²) in [6, 6.07) is 14.6. The van der Waals surface area contributed by atoms with Gasteiger partial charge in [-0.3, -0.25) is 4.90 Å². The summed E-state index contributed by atoms with van der Waals surface area (Å²) in [6.07, 6.45) is 0. The molecule has 2 aromatic rings. The number of rotatable bonds is 5. The van der Waals surface area contributed by atoms with Crippen LogP contribution in [0, 0.1) is 0 Å². The maximum Gasteiger partial charge on any atom is 0.337 e. The van der Waals surface area contributed by atoms with Crippen molar-refractivity contribution in [3.8, 4) is 11.5 Å². The van der Waals surface area contributed by atoms with Crippen LogP contribution >= 0.6 is 12.2 Å². The maximum atomic E-state index is 12.7. The first-order valence-electron chi connectivity index (χ1n) is 8.69. The molecule has 1 aliphatic rings. The van der Waals surface area contributed by atoms with Gasteiger partial charge in [0, 0.05) is 16.9 Å². The average molecular weight is 398 g/mol. The number of hydrogen-bond acceptors (Lipinski definition) is 5. The van der Waals surface area contributed by atoms with Crippen LogP contribution in [0.15, 0.2) is 59.8 Å². The molecule has 2 aromatic carbocycles. The largest absolute Gasteiger partial charge is 0.493 e. The number of nitrogens with zero attached hydrogens (tertiary/aromatic N) is 1. The Bertz CT molecular complexity index is 927. The van der Waals surface area contributed by atoms with Crippen LogP contribution in [0.5, 0.6) is 11.5 Å². The first-order valence-corrected chi connectivity index (χ1v) is 9.10. The number of benzene rings is 2. The molecule has 0 amide bonds. The smallest absolute Gasteiger partial charge is 0.337 e. The molecular formula is C21H22N2O4S. The quantitative estimate of drug-likeness (QED) is 0.610. The average Bonchev–Trinajstić information content (AvgIpc) is 2.72. The Hall–Kier alpha value is -3.06. The van der Waals surface area contributed by atoms with Gasteiger partial charge in [-0.15, -0.1) is 0 Å². The lowest BCUT2D eigenvalue weighted by molar-refractivity contribution is -0.136. The summed E-state index contributed by atoms with van der Waals surface area (Å²) in [4.78, 5) is 14.6. The van der Waals surface area contributed by atoms with Gasteiger partial charge in [0.25, 0.3) is 0 Å². The van der Waals surface area contributed by atoms with Crippen LogP contribution in [0.3, 0.4) is 0 Å². The van der Waals surface area contributed by atoms with Gasteiger partial charge in [-0.05, 0) is 37.3 Å². The molecule has 0 radical (unpaired) electrons. The third-order valence-corrected chi connectivity index (χ3v) is 4.95. The third-order valence-electron chi connectivity index (χ3n) is 4.65. The fourth-order valence-electron chi connectivity index (χ4n) is 3.38. The van der Waals surface area contributed by atoms with Gasteiger partial charge in [-0.2, -0.15) is 0 Å². The van der Waals surface area contributed by atoms with Gasteiger partial charge in [0.2, 0.25) is 0 Å². The normalized spacial score (nSPS) is 16.5. The Morgan fingerprint density at radius 1 is 1.04 bits per heavy atom. The first-order chi connectivity index (χ1) is 13.5. The second-order valence-corrected chi connectivity index (χ2v) is 6.51. The Kier molecular flexibility index (Phi) is 5.84. The first kappa shape index (κ1) is 19.7. The monoisotopic (exact) mass is 398 g/mol. The Morgan fingerprint density at radius 2 is 1.75 bits per heavy atom. The molecule has 3 rings (SSSR count). The van der Waals surface area contributed by atoms with Crippen molar-refractivity contribution in [3.05, 3.63) is 65.4 Å². The number of thiocarbonyl (C=S) groups is 1. The van der Waals surface area contributed by atoms with E-state index >= 15 is 0 Å². The third kappa shape index (κ3) is 3.41. The molecule has 0 spiro atoms. The number of allylic oxidation sites excluding steroid dienone is 1. The molecule has 1 N–H and O–H groups in total. The number of esters is 1. The van der Waals surface area contributed by atoms with Crippen molar-refractivity contribution in [2.75, 3.05) is 26.2 Å². The van der Waals surface area contributed by atoms with Gasteiger partial charge in [0.05, 0.1) is 32.9 Å². The van der Waals surface area contributed by atoms with Crippen LogP contribution in [0.25, 0.3) is 0 Å². The van der Waals surface area contributed by atoms with E-state index in [1.165, 1.54) is 7.11 Å². The summed E-state index contributed by atoms with van der Waals surface area (Å²) in [6.45, 7) is 1.85. The predicted molar refractivity (Wildman–Crippen MR) is 112 cm³/mol. The molecule has 146 valence electrons. The van der Waals surface area contributed by atoms with E-state index in [0.717, 1.165) is 11.3 Å². The molecule has 0 bridgehead atoms. The lowest BCUT2D eigenvalue weighted by Gasteiger charge is -2.37. The number of methoxy groups -OCH3 is 3. The van der Waals surface area contributed by atoms with Crippen LogP contribution in [0.2, 0.25) is 0 Å². The van der Waals surface area contributed by atoms with E-state index in [-0.39, 0.29) is 0 Å². The fraction of sp³-hybridized carbons (Fsp3) is 0.238. The van der Waals surface area contributed by atoms with Gasteiger partial charge in [0.15, 0.2) is 16.6 Å². The predicted octanol–water partition coefficient (Wildman–Crippen LogP) is 3.59. The standard InChI is InChI=1S/C21H22N2O4S/c1-13-17(20(24)27-4)18(15-11-8-12-16(25-2)19(15)26-3)22-21(28)23(13)14-9-6-5-7-10-14/h5-12,18H,1-4H3,(H,22,28)/t18-/m1/s1. The summed E-state index contributed by atoms with van der Waals surface area (Å²) >= 11 is 5.64. The van der Waals surface area contributed by atoms with Crippen LogP contribution in [-0.4, -0.2) is 32.4 Å². The van der Waals surface area contributed by atoms with E-state index in [1.807, 2.05) is 54.3 Å². The van der Waals surface area contributed by atoms with Gasteiger partial charge in [-0.1, -0.05) is 30.3 Å². The van der Waals surface area contributed by atoms with E-state index in [0.29, 0.717) is 27.9 Å². The molecule has 7 heteroatoms. The maximum absolute atomic E-state index is 12.7. The highest BCUT2D eigenvalue weighted by molar-refractivity contribution is 7.80. The molecule has 0 fully saturated rings. The minimum Gasteiger partial charge on any atom is -0.493 e. The highest BCUT2D eigenvalue weighted by Crippen LogP contribution is 2.41. The van der Waals surface area contributed by atoms with Gasteiger partial charge >= 0.3 is 5.97 Å². The van der Waals surface area contributed by atoms with Crippen molar-refractivity contribution < 1.29 is 19.0 Å². The van der Waals surface area contributed by atoms with Crippen LogP contribution in [0.1, 0.15) is 18.5 Å². The summed E-state index contributed by atoms with van der Waals surface area (Å²) in [5.41, 5.74) is 2.73. The molecule has 6 nitrogen and oxygen atoms in total. The number of para-hydroxylation sites is 2. The van der Waals surface area contributed by atoms with E-state index in [9.17, 15) is 4.79 Å². The minimum absolute atomic E-state index is 0.441. The zero-order valence-corrected chi connectivity index (χ0v) is 17.0. The zero-order chi connectivity index (χ0) is 20.3. The summed E-state index contributed by atoms with van der Waals surface area (Å²) in [5.74, 6) is 0.663. The number of ether oxygens (including phenoxy) is 3. The van der Waals surface area contributed by atoms with Crippen LogP contribution in [0.4, 0.5) is 5.69 Å². The Morgan fingerprint density at radius 3 is 2.36 bits per heavy atom. The lowest BCUT2D eigenvalue weighted by Crippen LogP contribution is -2.48. The molecule has 0 aromatic heterocycles. The molecule has 0 saturated carbocycles. The van der Waals surface area contributed by atoms with E-state index in [1.54, 1.807) is 20.3 Å². The van der Waals surface area contributed by atoms with Crippen molar-refractivity contribution in [1.82, 2.24) is 5.32 Å². The zero-order valence-electron chi connectivity index (χ0n) is 16.2. The molecule has 28 heavy (non-hydrogen) atoms. The number of carbonyl (C=O) groups excluding carboxylic acids is 1. The lowest BCUT2D eigenvalue weighted by atomic mass is 9.93. The number of carbonyl (C=O) groups is 1. The summed E-state index contributed by atoms with van der Waals surface area (Å²) in [7, 11) is 4.50. The van der Waals surface area contributed by atoms with Crippen molar-refractivity contribution >= 4 is 29.0 Å². The number of nitrogens with one attached hydrogen (secondary N) is 1. The van der Waals surface area contributed by atoms with Crippen LogP contribution < -0.4 is 19.7 Å². The molecule has 1 heterocycles. The Balaban J connectivity index is 2.20. The second-order valence-electron chi connectivity index (χ2n) is 6.13. The summed E-state index contributed by atoms with van der Waals surface area (Å²) in [5, 5.41) is 3.74. The highest BCUT2D eigenvalue weighted by atomic mass is 32.1. The number of hydrogen-bond donors (Lipinski definition) is 1. The topological polar surface area (TPSA) is 60.0 Å². The molecular weight excluding hydrogens is 376 g/mol. The van der Waals surface area contributed by atoms with Gasteiger partial charge < -0.3 is 19.5 Å². The molecule has 0 unspecified atom stereocenters. The van der Waals surface area contributed by atoms with Crippen molar-refractivity contribution in [2.24, 2.45) is 0 Å². The van der Waals surface area contributed by atoms with Crippen LogP contribution in [-0.2, 0) is 9.53 Å². The van der Waals surface area contributed by atoms with Gasteiger partial charge in [-0.25, -0.2) is 4.79 Å². The van der Waals surface area contributed by atoms with E-state index < -0.39 is 12.0 Å². The van der Waals surface area contributed by atoms with E-state index in [4.69, 9.17) is 26.4 Å². The SMILES string of the molecule is COC(=O)C1=C(C)N(c2ccccc2)C(=S)N[C@@H]1c1cccc(OC)c1OC. The summed E-state index contributed by atoms with van der Waals surface area (Å²) < 4.78 is 16.1. The molecule has 0 aliphatic carbocycles. The van der Waals surface area contributed by atoms with Crippen molar-refractivity contribution in [3.63, 3.8) is 0 Å². The number of anilines is 1. The van der Waals surface area contributed by atoms with Crippen molar-refractivity contribution in [1.29, 1.82) is 0 Å². The Labute approximate surface area is 169 Å². The van der Waals surface area contributed by atoms with Gasteiger partial charge in [0.1, 0.15) is 0 Å². The highest BCUT2D eigenvalue weighted by Gasteiger charge is 2.37. The molecule has 0 saturated heterocycles.